The van der Waals surface area contributed by atoms with Crippen LogP contribution in [0, 0.1) is 5.82 Å². The first-order valence-electron chi connectivity index (χ1n) is 5.56. The lowest BCUT2D eigenvalue weighted by molar-refractivity contribution is -0.153. The minimum atomic E-state index is -4.42. The van der Waals surface area contributed by atoms with E-state index in [0.29, 0.717) is 12.1 Å². The fourth-order valence-corrected chi connectivity index (χ4v) is 1.53. The molecule has 0 fully saturated rings. The summed E-state index contributed by atoms with van der Waals surface area (Å²) in [7, 11) is 0. The molecular weight excluding hydrogens is 250 g/mol. The van der Waals surface area contributed by atoms with Crippen molar-refractivity contribution in [3.05, 3.63) is 29.6 Å². The van der Waals surface area contributed by atoms with Crippen molar-refractivity contribution in [1.29, 1.82) is 0 Å². The topological polar surface area (TPSA) is 21.3 Å². The molecule has 0 saturated carbocycles. The van der Waals surface area contributed by atoms with Gasteiger partial charge in [-0.2, -0.15) is 13.2 Å². The molecule has 0 aliphatic carbocycles. The van der Waals surface area contributed by atoms with Gasteiger partial charge in [-0.1, -0.05) is 13.0 Å². The van der Waals surface area contributed by atoms with Gasteiger partial charge in [-0.15, -0.1) is 0 Å². The van der Waals surface area contributed by atoms with Crippen molar-refractivity contribution >= 4 is 0 Å². The maximum absolute atomic E-state index is 13.6. The summed E-state index contributed by atoms with van der Waals surface area (Å²) < 4.78 is 53.9. The largest absolute Gasteiger partial charge is 0.484 e. The average Bonchev–Trinajstić information content (AvgIpc) is 2.25. The number of hydrogen-bond donors (Lipinski definition) is 1. The highest BCUT2D eigenvalue weighted by Gasteiger charge is 2.28. The van der Waals surface area contributed by atoms with Gasteiger partial charge in [-0.3, -0.25) is 0 Å². The van der Waals surface area contributed by atoms with Crippen molar-refractivity contribution in [2.45, 2.75) is 26.1 Å². The van der Waals surface area contributed by atoms with Crippen LogP contribution >= 0.6 is 0 Å². The second kappa shape index (κ2) is 6.04. The zero-order chi connectivity index (χ0) is 13.8. The molecule has 102 valence electrons. The molecule has 6 heteroatoms. The smallest absolute Gasteiger partial charge is 0.422 e. The summed E-state index contributed by atoms with van der Waals surface area (Å²) in [5, 5.41) is 3.02. The summed E-state index contributed by atoms with van der Waals surface area (Å²) in [5.41, 5.74) is 0.399. The summed E-state index contributed by atoms with van der Waals surface area (Å²) in [5.74, 6) is -0.708. The van der Waals surface area contributed by atoms with Crippen molar-refractivity contribution < 1.29 is 22.3 Å². The molecule has 1 atom stereocenters. The van der Waals surface area contributed by atoms with Gasteiger partial charge < -0.3 is 10.1 Å². The molecule has 0 amide bonds. The van der Waals surface area contributed by atoms with E-state index in [1.807, 2.05) is 6.92 Å². The first-order valence-corrected chi connectivity index (χ1v) is 5.56. The maximum atomic E-state index is 13.6. The molecule has 0 heterocycles. The van der Waals surface area contributed by atoms with Crippen molar-refractivity contribution in [1.82, 2.24) is 5.32 Å². The third-order valence-electron chi connectivity index (χ3n) is 2.35. The van der Waals surface area contributed by atoms with E-state index in [-0.39, 0.29) is 11.8 Å². The summed E-state index contributed by atoms with van der Waals surface area (Å²) in [4.78, 5) is 0. The molecule has 0 aliphatic rings. The molecule has 1 aromatic rings. The van der Waals surface area contributed by atoms with Crippen LogP contribution in [0.1, 0.15) is 25.5 Å². The van der Waals surface area contributed by atoms with E-state index >= 15 is 0 Å². The van der Waals surface area contributed by atoms with Crippen molar-refractivity contribution in [2.24, 2.45) is 0 Å². The van der Waals surface area contributed by atoms with Crippen LogP contribution in [0.15, 0.2) is 18.2 Å². The van der Waals surface area contributed by atoms with E-state index in [0.717, 1.165) is 6.07 Å². The molecule has 18 heavy (non-hydrogen) atoms. The summed E-state index contributed by atoms with van der Waals surface area (Å²) >= 11 is 0. The Labute approximate surface area is 103 Å². The summed E-state index contributed by atoms with van der Waals surface area (Å²) in [6.45, 7) is 2.91. The zero-order valence-electron chi connectivity index (χ0n) is 10.1. The van der Waals surface area contributed by atoms with Gasteiger partial charge in [0.15, 0.2) is 6.61 Å². The fourth-order valence-electron chi connectivity index (χ4n) is 1.53. The highest BCUT2D eigenvalue weighted by atomic mass is 19.4. The van der Waals surface area contributed by atoms with Gasteiger partial charge in [0.2, 0.25) is 0 Å². The molecule has 1 unspecified atom stereocenters. The fraction of sp³-hybridized carbons (Fsp3) is 0.500. The highest BCUT2D eigenvalue weighted by molar-refractivity contribution is 5.30. The van der Waals surface area contributed by atoms with Gasteiger partial charge >= 0.3 is 6.18 Å². The van der Waals surface area contributed by atoms with Crippen LogP contribution in [-0.4, -0.2) is 19.3 Å². The lowest BCUT2D eigenvalue weighted by Gasteiger charge is -2.15. The number of benzene rings is 1. The molecule has 0 aromatic heterocycles. The Hall–Kier alpha value is -1.30. The third-order valence-corrected chi connectivity index (χ3v) is 2.35. The Balaban J connectivity index is 2.73. The average molecular weight is 265 g/mol. The van der Waals surface area contributed by atoms with E-state index in [1.165, 1.54) is 12.1 Å². The minimum Gasteiger partial charge on any atom is -0.484 e. The van der Waals surface area contributed by atoms with Crippen molar-refractivity contribution in [2.75, 3.05) is 13.2 Å². The lowest BCUT2D eigenvalue weighted by atomic mass is 10.1. The Morgan fingerprint density at radius 3 is 2.50 bits per heavy atom. The Kier molecular flexibility index (Phi) is 4.95. The van der Waals surface area contributed by atoms with Crippen LogP contribution in [0.4, 0.5) is 17.6 Å². The standard InChI is InChI=1S/C12H15F4NO/c1-3-17-8(2)10-5-4-9(6-11(10)13)18-7-12(14,15)16/h4-6,8,17H,3,7H2,1-2H3. The number of ether oxygens (including phenoxy) is 1. The number of hydrogen-bond acceptors (Lipinski definition) is 2. The predicted molar refractivity (Wildman–Crippen MR) is 60.0 cm³/mol. The molecule has 0 spiro atoms. The normalized spacial score (nSPS) is 13.4. The molecule has 1 N–H and O–H groups in total. The van der Waals surface area contributed by atoms with Crippen LogP contribution in [0.5, 0.6) is 5.75 Å². The predicted octanol–water partition coefficient (Wildman–Crippen LogP) is 3.44. The van der Waals surface area contributed by atoms with Crippen LogP contribution in [0.2, 0.25) is 0 Å². The summed E-state index contributed by atoms with van der Waals surface area (Å²) in [6.07, 6.45) is -4.42. The Bertz CT molecular complexity index is 392. The number of nitrogens with one attached hydrogen (secondary N) is 1. The Morgan fingerprint density at radius 1 is 1.33 bits per heavy atom. The molecule has 1 aromatic carbocycles. The van der Waals surface area contributed by atoms with E-state index in [4.69, 9.17) is 0 Å². The van der Waals surface area contributed by atoms with Gasteiger partial charge in [-0.25, -0.2) is 4.39 Å². The van der Waals surface area contributed by atoms with E-state index in [1.54, 1.807) is 6.92 Å². The molecule has 0 aliphatic heterocycles. The van der Waals surface area contributed by atoms with Gasteiger partial charge in [0.1, 0.15) is 11.6 Å². The van der Waals surface area contributed by atoms with Crippen LogP contribution in [0.25, 0.3) is 0 Å². The molecule has 0 saturated heterocycles. The van der Waals surface area contributed by atoms with Gasteiger partial charge in [0, 0.05) is 17.7 Å². The summed E-state index contributed by atoms with van der Waals surface area (Å²) in [6, 6.07) is 3.52. The third kappa shape index (κ3) is 4.52. The quantitative estimate of drug-likeness (QED) is 0.823. The van der Waals surface area contributed by atoms with E-state index in [9.17, 15) is 17.6 Å². The lowest BCUT2D eigenvalue weighted by Crippen LogP contribution is -2.20. The number of halogens is 4. The second-order valence-electron chi connectivity index (χ2n) is 3.87. The number of alkyl halides is 3. The molecule has 0 bridgehead atoms. The maximum Gasteiger partial charge on any atom is 0.422 e. The SMILES string of the molecule is CCNC(C)c1ccc(OCC(F)(F)F)cc1F. The Morgan fingerprint density at radius 2 is 2.00 bits per heavy atom. The molecule has 1 rings (SSSR count). The molecule has 0 radical (unpaired) electrons. The number of rotatable bonds is 5. The second-order valence-corrected chi connectivity index (χ2v) is 3.87. The zero-order valence-corrected chi connectivity index (χ0v) is 10.1. The minimum absolute atomic E-state index is 0.128. The molecular formula is C12H15F4NO. The van der Waals surface area contributed by atoms with Crippen LogP contribution in [-0.2, 0) is 0 Å². The van der Waals surface area contributed by atoms with Crippen molar-refractivity contribution in [3.8, 4) is 5.75 Å². The van der Waals surface area contributed by atoms with Gasteiger partial charge in [0.05, 0.1) is 0 Å². The van der Waals surface area contributed by atoms with Gasteiger partial charge in [-0.05, 0) is 19.5 Å². The first-order chi connectivity index (χ1) is 8.33. The molecule has 2 nitrogen and oxygen atoms in total. The van der Waals surface area contributed by atoms with Crippen molar-refractivity contribution in [3.63, 3.8) is 0 Å². The highest BCUT2D eigenvalue weighted by Crippen LogP contribution is 2.23. The van der Waals surface area contributed by atoms with E-state index in [2.05, 4.69) is 10.1 Å². The first kappa shape index (κ1) is 14.8. The van der Waals surface area contributed by atoms with Crippen LogP contribution in [0.3, 0.4) is 0 Å². The van der Waals surface area contributed by atoms with E-state index < -0.39 is 18.6 Å². The monoisotopic (exact) mass is 265 g/mol. The van der Waals surface area contributed by atoms with Crippen LogP contribution < -0.4 is 10.1 Å². The van der Waals surface area contributed by atoms with Gasteiger partial charge in [0.25, 0.3) is 0 Å².